The molecule has 0 aromatic carbocycles. The molecule has 0 rings (SSSR count). The fraction of sp³-hybridized carbons (Fsp3) is 0.500. The predicted molar refractivity (Wildman–Crippen MR) is 29.6 cm³/mol. The molecule has 5 nitrogen and oxygen atoms in total. The molecule has 0 aromatic rings. The molecule has 0 bridgehead atoms. The normalized spacial score (nSPS) is 7.67. The smallest absolute Gasteiger partial charge is 0.408 e. The summed E-state index contributed by atoms with van der Waals surface area (Å²) in [4.78, 5) is 19.8. The Hall–Kier alpha value is -1.26. The van der Waals surface area contributed by atoms with E-state index in [1.54, 1.807) is 0 Å². The monoisotopic (exact) mass is 132 g/mol. The van der Waals surface area contributed by atoms with Crippen LogP contribution >= 0.6 is 0 Å². The summed E-state index contributed by atoms with van der Waals surface area (Å²) in [5.74, 6) is 0. The zero-order valence-corrected chi connectivity index (χ0v) is 5.01. The van der Waals surface area contributed by atoms with Crippen molar-refractivity contribution in [3.05, 3.63) is 0 Å². The van der Waals surface area contributed by atoms with Gasteiger partial charge in [0.05, 0.1) is 13.8 Å². The number of alkyl carbamates (subject to hydrolysis) is 1. The highest BCUT2D eigenvalue weighted by atomic mass is 16.5. The van der Waals surface area contributed by atoms with Gasteiger partial charge in [0.25, 0.3) is 0 Å². The summed E-state index contributed by atoms with van der Waals surface area (Å²) in [6.45, 7) is 0.0934. The van der Waals surface area contributed by atoms with Gasteiger partial charge in [0, 0.05) is 0 Å². The number of rotatable bonds is 3. The van der Waals surface area contributed by atoms with Gasteiger partial charge in [0.15, 0.2) is 0 Å². The Labute approximate surface area is 52.4 Å². The minimum absolute atomic E-state index is 0.0934. The lowest BCUT2D eigenvalue weighted by Gasteiger charge is -1.99. The maximum Gasteiger partial charge on any atom is 0.408 e. The van der Waals surface area contributed by atoms with Gasteiger partial charge in [-0.1, -0.05) is 0 Å². The summed E-state index contributed by atoms with van der Waals surface area (Å²) in [5, 5.41) is 4.45. The second kappa shape index (κ2) is 4.89. The van der Waals surface area contributed by atoms with Crippen LogP contribution in [0.2, 0.25) is 0 Å². The second-order valence-electron chi connectivity index (χ2n) is 1.17. The molecule has 0 saturated carbocycles. The highest BCUT2D eigenvalue weighted by Crippen LogP contribution is 1.65. The Morgan fingerprint density at radius 1 is 1.78 bits per heavy atom. The maximum atomic E-state index is 10.2. The van der Waals surface area contributed by atoms with Crippen LogP contribution in [0.4, 0.5) is 4.79 Å². The number of methoxy groups -OCH3 is 1. The topological polar surface area (TPSA) is 67.4 Å². The van der Waals surface area contributed by atoms with Crippen molar-refractivity contribution in [2.24, 2.45) is 0 Å². The molecule has 0 aliphatic heterocycles. The summed E-state index contributed by atoms with van der Waals surface area (Å²) >= 11 is 0. The Kier molecular flexibility index (Phi) is 4.20. The van der Waals surface area contributed by atoms with Gasteiger partial charge in [0.2, 0.25) is 6.41 Å². The minimum atomic E-state index is -0.565. The third kappa shape index (κ3) is 4.60. The molecule has 0 heterocycles. The molecule has 0 aliphatic rings. The molecular weight excluding hydrogens is 124 g/mol. The van der Waals surface area contributed by atoms with Crippen LogP contribution in [0.3, 0.4) is 0 Å². The van der Waals surface area contributed by atoms with E-state index in [4.69, 9.17) is 0 Å². The fourth-order valence-electron chi connectivity index (χ4n) is 0.237. The lowest BCUT2D eigenvalue weighted by atomic mass is 10.9. The Balaban J connectivity index is 3.06. The molecule has 9 heavy (non-hydrogen) atoms. The van der Waals surface area contributed by atoms with Crippen molar-refractivity contribution in [3.8, 4) is 0 Å². The first-order chi connectivity index (χ1) is 4.31. The van der Waals surface area contributed by atoms with E-state index in [-0.39, 0.29) is 6.67 Å². The van der Waals surface area contributed by atoms with Crippen molar-refractivity contribution in [2.45, 2.75) is 0 Å². The van der Waals surface area contributed by atoms with Crippen LogP contribution in [0.5, 0.6) is 0 Å². The number of amides is 2. The highest BCUT2D eigenvalue weighted by molar-refractivity contribution is 5.67. The van der Waals surface area contributed by atoms with Crippen LogP contribution in [-0.2, 0) is 9.53 Å². The molecule has 5 heteroatoms. The van der Waals surface area contributed by atoms with Gasteiger partial charge in [-0.2, -0.15) is 0 Å². The molecule has 0 spiro atoms. The van der Waals surface area contributed by atoms with Gasteiger partial charge in [-0.05, 0) is 0 Å². The number of hydrogen-bond acceptors (Lipinski definition) is 3. The maximum absolute atomic E-state index is 10.2. The minimum Gasteiger partial charge on any atom is -0.453 e. The van der Waals surface area contributed by atoms with E-state index in [9.17, 15) is 9.59 Å². The lowest BCUT2D eigenvalue weighted by Crippen LogP contribution is -2.32. The average Bonchev–Trinajstić information content (AvgIpc) is 1.89. The predicted octanol–water partition coefficient (Wildman–Crippen LogP) is -0.954. The first-order valence-electron chi connectivity index (χ1n) is 2.30. The number of ether oxygens (including phenoxy) is 1. The molecule has 0 aliphatic carbocycles. The van der Waals surface area contributed by atoms with Gasteiger partial charge in [-0.3, -0.25) is 4.79 Å². The molecule has 0 fully saturated rings. The first kappa shape index (κ1) is 7.74. The van der Waals surface area contributed by atoms with E-state index < -0.39 is 6.09 Å². The van der Waals surface area contributed by atoms with E-state index in [1.807, 2.05) is 0 Å². The van der Waals surface area contributed by atoms with Crippen molar-refractivity contribution in [2.75, 3.05) is 13.8 Å². The van der Waals surface area contributed by atoms with Crippen molar-refractivity contribution in [1.82, 2.24) is 10.6 Å². The number of carbonyl (C=O) groups excluding carboxylic acids is 2. The lowest BCUT2D eigenvalue weighted by molar-refractivity contribution is -0.109. The zero-order chi connectivity index (χ0) is 7.11. The van der Waals surface area contributed by atoms with E-state index in [0.29, 0.717) is 6.41 Å². The van der Waals surface area contributed by atoms with Gasteiger partial charge in [-0.15, -0.1) is 0 Å². The van der Waals surface area contributed by atoms with Crippen LogP contribution in [-0.4, -0.2) is 26.3 Å². The van der Waals surface area contributed by atoms with Crippen LogP contribution < -0.4 is 10.6 Å². The average molecular weight is 132 g/mol. The third-order valence-electron chi connectivity index (χ3n) is 0.604. The fourth-order valence-corrected chi connectivity index (χ4v) is 0.237. The summed E-state index contributed by atoms with van der Waals surface area (Å²) in [7, 11) is 1.25. The SMILES string of the molecule is COC(=O)NCNC=O. The largest absolute Gasteiger partial charge is 0.453 e. The molecular formula is C4H8N2O3. The number of nitrogens with one attached hydrogen (secondary N) is 2. The quantitative estimate of drug-likeness (QED) is 0.295. The third-order valence-corrected chi connectivity index (χ3v) is 0.604. The summed E-state index contributed by atoms with van der Waals surface area (Å²) in [5.41, 5.74) is 0. The second-order valence-corrected chi connectivity index (χ2v) is 1.17. The van der Waals surface area contributed by atoms with Crippen molar-refractivity contribution < 1.29 is 14.3 Å². The Morgan fingerprint density at radius 3 is 2.89 bits per heavy atom. The zero-order valence-electron chi connectivity index (χ0n) is 5.01. The molecule has 2 N–H and O–H groups in total. The van der Waals surface area contributed by atoms with Crippen molar-refractivity contribution in [3.63, 3.8) is 0 Å². The number of carbonyl (C=O) groups is 2. The van der Waals surface area contributed by atoms with Gasteiger partial charge < -0.3 is 15.4 Å². The molecule has 0 radical (unpaired) electrons. The molecule has 0 unspecified atom stereocenters. The summed E-state index contributed by atoms with van der Waals surface area (Å²) in [6, 6.07) is 0. The van der Waals surface area contributed by atoms with E-state index >= 15 is 0 Å². The molecule has 0 saturated heterocycles. The molecule has 0 aromatic heterocycles. The summed E-state index contributed by atoms with van der Waals surface area (Å²) < 4.78 is 4.19. The van der Waals surface area contributed by atoms with E-state index in [1.165, 1.54) is 7.11 Å². The van der Waals surface area contributed by atoms with Crippen molar-refractivity contribution >= 4 is 12.5 Å². The number of hydrogen-bond donors (Lipinski definition) is 2. The van der Waals surface area contributed by atoms with E-state index in [0.717, 1.165) is 0 Å². The first-order valence-corrected chi connectivity index (χ1v) is 2.30. The van der Waals surface area contributed by atoms with Gasteiger partial charge in [-0.25, -0.2) is 4.79 Å². The Morgan fingerprint density at radius 2 is 2.44 bits per heavy atom. The standard InChI is InChI=1S/C4H8N2O3/c1-9-4(8)6-2-5-3-7/h3H,2H2,1H3,(H,5,7)(H,6,8). The Bertz CT molecular complexity index is 104. The van der Waals surface area contributed by atoms with Crippen LogP contribution in [0.25, 0.3) is 0 Å². The van der Waals surface area contributed by atoms with E-state index in [2.05, 4.69) is 15.4 Å². The molecule has 52 valence electrons. The molecule has 0 atom stereocenters. The van der Waals surface area contributed by atoms with Crippen molar-refractivity contribution in [1.29, 1.82) is 0 Å². The van der Waals surface area contributed by atoms with Gasteiger partial charge in [0.1, 0.15) is 0 Å². The van der Waals surface area contributed by atoms with Gasteiger partial charge >= 0.3 is 6.09 Å². The van der Waals surface area contributed by atoms with Crippen LogP contribution in [0.1, 0.15) is 0 Å². The summed E-state index contributed by atoms with van der Waals surface area (Å²) in [6.07, 6.45) is -0.0833. The van der Waals surface area contributed by atoms with Crippen LogP contribution in [0, 0.1) is 0 Å². The molecule has 2 amide bonds. The van der Waals surface area contributed by atoms with Crippen LogP contribution in [0.15, 0.2) is 0 Å². The highest BCUT2D eigenvalue weighted by Gasteiger charge is 1.92.